The van der Waals surface area contributed by atoms with Crippen molar-refractivity contribution in [1.82, 2.24) is 0 Å². The standard InChI is InChI=1S/C2H6F3NO5S2/c1-6(7,12(8)9)13(10,11)2(3,4)5/h10-11H,1H3,(H,8,9)/p-1. The Hall–Kier alpha value is 0.0900. The van der Waals surface area contributed by atoms with Crippen LogP contribution in [-0.2, 0) is 11.3 Å². The van der Waals surface area contributed by atoms with Crippen molar-refractivity contribution in [2.45, 2.75) is 5.51 Å². The molecule has 0 aromatic heterocycles. The number of nitrogens with zero attached hydrogens (tertiary/aromatic N) is 1. The van der Waals surface area contributed by atoms with Crippen LogP contribution >= 0.6 is 10.8 Å². The maximum Gasteiger partial charge on any atom is 0.540 e. The molecule has 0 saturated heterocycles. The van der Waals surface area contributed by atoms with Gasteiger partial charge in [-0.15, -0.1) is 13.2 Å². The van der Waals surface area contributed by atoms with Crippen molar-refractivity contribution in [3.63, 3.8) is 0 Å². The van der Waals surface area contributed by atoms with E-state index in [1.807, 2.05) is 0 Å². The summed E-state index contributed by atoms with van der Waals surface area (Å²) in [5.41, 5.74) is -5.68. The van der Waals surface area contributed by atoms with E-state index in [1.165, 1.54) is 0 Å². The zero-order valence-electron chi connectivity index (χ0n) is 6.02. The van der Waals surface area contributed by atoms with Gasteiger partial charge in [0.05, 0.1) is 0 Å². The number of hydrogen-bond donors (Lipinski definition) is 2. The molecule has 0 amide bonds. The Bertz CT molecular complexity index is 226. The predicted octanol–water partition coefficient (Wildman–Crippen LogP) is 0.910. The summed E-state index contributed by atoms with van der Waals surface area (Å²) in [4.78, 5) is 0. The van der Waals surface area contributed by atoms with Crippen molar-refractivity contribution in [2.75, 3.05) is 7.05 Å². The summed E-state index contributed by atoms with van der Waals surface area (Å²) in [5, 5.41) is 10.6. The quantitative estimate of drug-likeness (QED) is 0.427. The van der Waals surface area contributed by atoms with Crippen LogP contribution < -0.4 is 0 Å². The summed E-state index contributed by atoms with van der Waals surface area (Å²) in [5.74, 6) is 0. The van der Waals surface area contributed by atoms with Gasteiger partial charge in [0.15, 0.2) is 11.3 Å². The van der Waals surface area contributed by atoms with Crippen molar-refractivity contribution in [1.29, 1.82) is 0 Å². The highest BCUT2D eigenvalue weighted by Crippen LogP contribution is 2.61. The Morgan fingerprint density at radius 3 is 1.85 bits per heavy atom. The molecular formula is C2H5F3NO5S2-. The molecule has 11 heteroatoms. The third-order valence-corrected chi connectivity index (χ3v) is 4.12. The smallest absolute Gasteiger partial charge is 0.540 e. The van der Waals surface area contributed by atoms with Crippen molar-refractivity contribution >= 4 is 22.0 Å². The normalized spacial score (nSPS) is 22.2. The summed E-state index contributed by atoms with van der Waals surface area (Å²) >= 11 is -3.84. The number of hydroxylamine groups is 1. The molecule has 0 aromatic rings. The summed E-state index contributed by atoms with van der Waals surface area (Å²) < 4.78 is 68.6. The van der Waals surface area contributed by atoms with Crippen LogP contribution in [0.5, 0.6) is 0 Å². The molecule has 2 N–H and O–H groups in total. The van der Waals surface area contributed by atoms with Gasteiger partial charge in [0, 0.05) is 10.8 Å². The lowest BCUT2D eigenvalue weighted by Crippen LogP contribution is -2.47. The monoisotopic (exact) mass is 244 g/mol. The van der Waals surface area contributed by atoms with Gasteiger partial charge in [-0.1, -0.05) is 0 Å². The highest BCUT2D eigenvalue weighted by molar-refractivity contribution is 8.23. The van der Waals surface area contributed by atoms with Crippen LogP contribution in [0, 0.1) is 5.21 Å². The Kier molecular flexibility index (Phi) is 3.37. The van der Waals surface area contributed by atoms with Crippen LogP contribution in [0.4, 0.5) is 13.2 Å². The summed E-state index contributed by atoms with van der Waals surface area (Å²) in [6.45, 7) is 0. The SMILES string of the molecule is C[N+]([O-])(S(=O)[O-])S(O)(O)C(F)(F)F. The van der Waals surface area contributed by atoms with Crippen LogP contribution in [0.25, 0.3) is 0 Å². The maximum absolute atomic E-state index is 11.7. The van der Waals surface area contributed by atoms with Gasteiger partial charge in [0.25, 0.3) is 0 Å². The van der Waals surface area contributed by atoms with E-state index in [2.05, 4.69) is 0 Å². The van der Waals surface area contributed by atoms with Crippen LogP contribution in [0.15, 0.2) is 0 Å². The van der Waals surface area contributed by atoms with E-state index in [0.717, 1.165) is 0 Å². The fourth-order valence-electron chi connectivity index (χ4n) is 0.273. The van der Waals surface area contributed by atoms with E-state index in [1.54, 1.807) is 0 Å². The summed E-state index contributed by atoms with van der Waals surface area (Å²) in [6, 6.07) is 0. The predicted molar refractivity (Wildman–Crippen MR) is 37.4 cm³/mol. The fraction of sp³-hybridized carbons (Fsp3) is 1.00. The zero-order chi connectivity index (χ0) is 11.1. The second-order valence-corrected chi connectivity index (χ2v) is 5.51. The largest absolute Gasteiger partial charge is 0.723 e. The molecule has 2 unspecified atom stereocenters. The van der Waals surface area contributed by atoms with Crippen LogP contribution in [0.1, 0.15) is 0 Å². The molecule has 0 aliphatic carbocycles. The molecule has 13 heavy (non-hydrogen) atoms. The molecule has 6 nitrogen and oxygen atoms in total. The second-order valence-electron chi connectivity index (χ2n) is 1.95. The van der Waals surface area contributed by atoms with E-state index < -0.39 is 31.0 Å². The Labute approximate surface area is 75.0 Å². The lowest BCUT2D eigenvalue weighted by atomic mass is 11.5. The van der Waals surface area contributed by atoms with Gasteiger partial charge in [-0.05, 0) is 0 Å². The third-order valence-electron chi connectivity index (χ3n) is 1.04. The Morgan fingerprint density at radius 2 is 1.77 bits per heavy atom. The number of rotatable bonds is 2. The van der Waals surface area contributed by atoms with E-state index >= 15 is 0 Å². The average Bonchev–Trinajstić information content (AvgIpc) is 1.84. The van der Waals surface area contributed by atoms with E-state index in [4.69, 9.17) is 9.11 Å². The molecule has 82 valence electrons. The van der Waals surface area contributed by atoms with Crippen molar-refractivity contribution < 1.29 is 34.5 Å². The molecule has 0 heterocycles. The topological polar surface area (TPSA) is 104 Å². The van der Waals surface area contributed by atoms with Crippen LogP contribution in [-0.4, -0.2) is 33.9 Å². The van der Waals surface area contributed by atoms with Gasteiger partial charge in [-0.25, -0.2) is 13.3 Å². The molecule has 0 aromatic carbocycles. The highest BCUT2D eigenvalue weighted by atomic mass is 32.3. The lowest BCUT2D eigenvalue weighted by Gasteiger charge is -2.50. The first-order valence-corrected chi connectivity index (χ1v) is 5.00. The van der Waals surface area contributed by atoms with Gasteiger partial charge >= 0.3 is 5.51 Å². The zero-order valence-corrected chi connectivity index (χ0v) is 7.65. The molecule has 0 fully saturated rings. The van der Waals surface area contributed by atoms with E-state index in [9.17, 15) is 27.1 Å². The first-order valence-electron chi connectivity index (χ1n) is 2.46. The molecule has 0 aliphatic rings. The van der Waals surface area contributed by atoms with Crippen LogP contribution in [0.3, 0.4) is 0 Å². The molecule has 0 radical (unpaired) electrons. The number of hydrogen-bond acceptors (Lipinski definition) is 5. The minimum atomic E-state index is -5.81. The lowest BCUT2D eigenvalue weighted by molar-refractivity contribution is -0.598. The fourth-order valence-corrected chi connectivity index (χ4v) is 1.58. The van der Waals surface area contributed by atoms with E-state index in [-0.39, 0.29) is 7.05 Å². The average molecular weight is 244 g/mol. The minimum absolute atomic E-state index is 0.0219. The molecule has 0 rings (SSSR count). The molecule has 0 spiro atoms. The number of quaternary nitrogens is 1. The highest BCUT2D eigenvalue weighted by Gasteiger charge is 2.56. The Morgan fingerprint density at radius 1 is 1.46 bits per heavy atom. The third kappa shape index (κ3) is 2.12. The molecule has 0 bridgehead atoms. The second kappa shape index (κ2) is 3.34. The molecular weight excluding hydrogens is 239 g/mol. The molecule has 0 saturated carbocycles. The number of halogens is 3. The first-order chi connectivity index (χ1) is 5.44. The maximum atomic E-state index is 11.7. The van der Waals surface area contributed by atoms with Gasteiger partial charge in [-0.3, -0.25) is 0 Å². The minimum Gasteiger partial charge on any atom is -0.723 e. The van der Waals surface area contributed by atoms with E-state index in [0.29, 0.717) is 0 Å². The summed E-state index contributed by atoms with van der Waals surface area (Å²) in [6.07, 6.45) is 0. The van der Waals surface area contributed by atoms with Crippen LogP contribution in [0.2, 0.25) is 0 Å². The van der Waals surface area contributed by atoms with Gasteiger partial charge < -0.3 is 9.76 Å². The summed E-state index contributed by atoms with van der Waals surface area (Å²) in [7, 11) is -5.83. The molecule has 2 atom stereocenters. The number of alkyl halides is 3. The van der Waals surface area contributed by atoms with Crippen molar-refractivity contribution in [3.8, 4) is 0 Å². The molecule has 0 aliphatic heterocycles. The van der Waals surface area contributed by atoms with Gasteiger partial charge in [-0.2, -0.15) is 3.46 Å². The van der Waals surface area contributed by atoms with Gasteiger partial charge in [0.2, 0.25) is 0 Å². The Balaban J connectivity index is 5.16. The first kappa shape index (κ1) is 13.1. The van der Waals surface area contributed by atoms with Crippen molar-refractivity contribution in [2.24, 2.45) is 0 Å². The van der Waals surface area contributed by atoms with Crippen molar-refractivity contribution in [3.05, 3.63) is 5.21 Å². The van der Waals surface area contributed by atoms with Gasteiger partial charge in [0.1, 0.15) is 7.05 Å².